The third-order valence-electron chi connectivity index (χ3n) is 4.45. The summed E-state index contributed by atoms with van der Waals surface area (Å²) in [7, 11) is 0. The number of primary amides is 1. The molecule has 2 heterocycles. The van der Waals surface area contributed by atoms with Gasteiger partial charge in [-0.15, -0.1) is 0 Å². The number of hydrogen-bond donors (Lipinski definition) is 1. The molecule has 2 atom stereocenters. The summed E-state index contributed by atoms with van der Waals surface area (Å²) in [5.41, 5.74) is 5.29. The highest BCUT2D eigenvalue weighted by Gasteiger charge is 2.33. The fourth-order valence-corrected chi connectivity index (χ4v) is 2.90. The minimum absolute atomic E-state index is 0.135. The molecule has 2 aliphatic heterocycles. The Kier molecular flexibility index (Phi) is 5.55. The van der Waals surface area contributed by atoms with Crippen LogP contribution >= 0.6 is 0 Å². The van der Waals surface area contributed by atoms with Crippen molar-refractivity contribution in [3.63, 3.8) is 0 Å². The molecule has 2 N–H and O–H groups in total. The van der Waals surface area contributed by atoms with Crippen molar-refractivity contribution in [2.24, 2.45) is 5.73 Å². The normalized spacial score (nSPS) is 26.6. The summed E-state index contributed by atoms with van der Waals surface area (Å²) in [6.45, 7) is 9.99. The summed E-state index contributed by atoms with van der Waals surface area (Å²) in [5, 5.41) is 0. The maximum atomic E-state index is 12.6. The molecule has 0 radical (unpaired) electrons. The summed E-state index contributed by atoms with van der Waals surface area (Å²) < 4.78 is 5.33. The second-order valence-electron chi connectivity index (χ2n) is 5.69. The molecule has 0 aliphatic carbocycles. The maximum Gasteiger partial charge on any atom is 0.247 e. The van der Waals surface area contributed by atoms with E-state index in [1.165, 1.54) is 0 Å². The third-order valence-corrected chi connectivity index (χ3v) is 4.45. The molecule has 2 amide bonds. The summed E-state index contributed by atoms with van der Waals surface area (Å²) in [4.78, 5) is 30.1. The van der Waals surface area contributed by atoms with E-state index in [0.717, 1.165) is 32.7 Å². The lowest BCUT2D eigenvalue weighted by Gasteiger charge is -2.39. The Labute approximate surface area is 126 Å². The lowest BCUT2D eigenvalue weighted by molar-refractivity contribution is -0.146. The van der Waals surface area contributed by atoms with Crippen molar-refractivity contribution >= 4 is 11.8 Å². The van der Waals surface area contributed by atoms with Crippen LogP contribution in [-0.2, 0) is 14.3 Å². The molecule has 2 aliphatic rings. The average Bonchev–Trinajstić information content (AvgIpc) is 2.53. The van der Waals surface area contributed by atoms with Crippen LogP contribution in [0.25, 0.3) is 0 Å². The van der Waals surface area contributed by atoms with E-state index >= 15 is 0 Å². The van der Waals surface area contributed by atoms with E-state index in [1.54, 1.807) is 0 Å². The molecule has 2 saturated heterocycles. The van der Waals surface area contributed by atoms with E-state index in [1.807, 2.05) is 16.7 Å². The fraction of sp³-hybridized carbons (Fsp3) is 0.857. The number of rotatable bonds is 4. The lowest BCUT2D eigenvalue weighted by atomic mass is 10.1. The quantitative estimate of drug-likeness (QED) is 0.700. The maximum absolute atomic E-state index is 12.6. The molecule has 2 rings (SSSR count). The molecular weight excluding hydrogens is 272 g/mol. The Morgan fingerprint density at radius 1 is 1.24 bits per heavy atom. The van der Waals surface area contributed by atoms with E-state index in [9.17, 15) is 9.59 Å². The molecule has 7 heteroatoms. The van der Waals surface area contributed by atoms with Crippen LogP contribution in [0.2, 0.25) is 0 Å². The molecule has 0 aromatic heterocycles. The number of amides is 2. The number of nitrogens with zero attached hydrogens (tertiary/aromatic N) is 3. The number of carbonyl (C=O) groups is 2. The SMILES string of the molecule is CCN1CCN(C(=O)C(C)N2CCOC(C(N)=O)C2)CC1. The van der Waals surface area contributed by atoms with Crippen LogP contribution in [0.15, 0.2) is 0 Å². The first-order valence-corrected chi connectivity index (χ1v) is 7.69. The van der Waals surface area contributed by atoms with Crippen LogP contribution in [-0.4, -0.2) is 91.1 Å². The number of likely N-dealkylation sites (N-methyl/N-ethyl adjacent to an activating group) is 1. The van der Waals surface area contributed by atoms with Gasteiger partial charge in [-0.25, -0.2) is 0 Å². The summed E-state index contributed by atoms with van der Waals surface area (Å²) in [6.07, 6.45) is -0.606. The van der Waals surface area contributed by atoms with Gasteiger partial charge in [-0.2, -0.15) is 0 Å². The Bertz CT molecular complexity index is 382. The third kappa shape index (κ3) is 3.93. The van der Waals surface area contributed by atoms with Gasteiger partial charge in [-0.05, 0) is 13.5 Å². The topological polar surface area (TPSA) is 79.1 Å². The molecule has 0 bridgehead atoms. The van der Waals surface area contributed by atoms with Gasteiger partial charge in [0.2, 0.25) is 11.8 Å². The highest BCUT2D eigenvalue weighted by molar-refractivity contribution is 5.82. The zero-order chi connectivity index (χ0) is 15.4. The van der Waals surface area contributed by atoms with Crippen LogP contribution < -0.4 is 5.73 Å². The van der Waals surface area contributed by atoms with Gasteiger partial charge in [0.15, 0.2) is 0 Å². The highest BCUT2D eigenvalue weighted by atomic mass is 16.5. The number of nitrogens with two attached hydrogens (primary N) is 1. The van der Waals surface area contributed by atoms with Crippen molar-refractivity contribution in [3.05, 3.63) is 0 Å². The summed E-state index contributed by atoms with van der Waals surface area (Å²) in [6, 6.07) is -0.232. The van der Waals surface area contributed by atoms with E-state index < -0.39 is 12.0 Å². The van der Waals surface area contributed by atoms with E-state index in [2.05, 4.69) is 11.8 Å². The molecule has 7 nitrogen and oxygen atoms in total. The van der Waals surface area contributed by atoms with E-state index in [4.69, 9.17) is 10.5 Å². The highest BCUT2D eigenvalue weighted by Crippen LogP contribution is 2.12. The van der Waals surface area contributed by atoms with Gasteiger partial charge in [-0.1, -0.05) is 6.92 Å². The largest absolute Gasteiger partial charge is 0.367 e. The van der Waals surface area contributed by atoms with Gasteiger partial charge < -0.3 is 20.3 Å². The molecule has 120 valence electrons. The van der Waals surface area contributed by atoms with Crippen molar-refractivity contribution in [3.8, 4) is 0 Å². The van der Waals surface area contributed by atoms with Crippen LogP contribution in [0.5, 0.6) is 0 Å². The number of hydrogen-bond acceptors (Lipinski definition) is 5. The van der Waals surface area contributed by atoms with Crippen molar-refractivity contribution in [2.75, 3.05) is 52.4 Å². The van der Waals surface area contributed by atoms with Crippen molar-refractivity contribution in [1.29, 1.82) is 0 Å². The molecule has 0 saturated carbocycles. The first-order chi connectivity index (χ1) is 10.0. The van der Waals surface area contributed by atoms with Gasteiger partial charge >= 0.3 is 0 Å². The number of carbonyl (C=O) groups excluding carboxylic acids is 2. The molecule has 2 unspecified atom stereocenters. The predicted molar refractivity (Wildman–Crippen MR) is 78.7 cm³/mol. The van der Waals surface area contributed by atoms with E-state index in [0.29, 0.717) is 19.7 Å². The van der Waals surface area contributed by atoms with E-state index in [-0.39, 0.29) is 11.9 Å². The predicted octanol–water partition coefficient (Wildman–Crippen LogP) is -1.27. The zero-order valence-electron chi connectivity index (χ0n) is 13.0. The Balaban J connectivity index is 1.88. The lowest BCUT2D eigenvalue weighted by Crippen LogP contribution is -2.58. The van der Waals surface area contributed by atoms with Crippen LogP contribution in [0.3, 0.4) is 0 Å². The molecular formula is C14H26N4O3. The van der Waals surface area contributed by atoms with Gasteiger partial charge in [0.25, 0.3) is 0 Å². The van der Waals surface area contributed by atoms with Crippen molar-refractivity contribution in [1.82, 2.24) is 14.7 Å². The smallest absolute Gasteiger partial charge is 0.247 e. The van der Waals surface area contributed by atoms with Crippen LogP contribution in [0, 0.1) is 0 Å². The molecule has 0 aromatic carbocycles. The summed E-state index contributed by atoms with van der Waals surface area (Å²) >= 11 is 0. The van der Waals surface area contributed by atoms with Gasteiger partial charge in [0.05, 0.1) is 12.6 Å². The molecule has 0 aromatic rings. The van der Waals surface area contributed by atoms with Gasteiger partial charge in [0, 0.05) is 39.3 Å². The first-order valence-electron chi connectivity index (χ1n) is 7.69. The number of piperazine rings is 1. The molecule has 2 fully saturated rings. The molecule has 0 spiro atoms. The minimum atomic E-state index is -0.606. The fourth-order valence-electron chi connectivity index (χ4n) is 2.90. The Morgan fingerprint density at radius 2 is 1.90 bits per heavy atom. The zero-order valence-corrected chi connectivity index (χ0v) is 13.0. The van der Waals surface area contributed by atoms with Gasteiger partial charge in [-0.3, -0.25) is 14.5 Å². The first kappa shape index (κ1) is 16.2. The van der Waals surface area contributed by atoms with Crippen LogP contribution in [0.1, 0.15) is 13.8 Å². The molecule has 21 heavy (non-hydrogen) atoms. The number of ether oxygens (including phenoxy) is 1. The minimum Gasteiger partial charge on any atom is -0.367 e. The Morgan fingerprint density at radius 3 is 2.48 bits per heavy atom. The second-order valence-corrected chi connectivity index (χ2v) is 5.69. The monoisotopic (exact) mass is 298 g/mol. The average molecular weight is 298 g/mol. The Hall–Kier alpha value is -1.18. The standard InChI is InChI=1S/C14H26N4O3/c1-3-16-4-6-17(7-5-16)14(20)11(2)18-8-9-21-12(10-18)13(15)19/h11-12H,3-10H2,1-2H3,(H2,15,19). The second kappa shape index (κ2) is 7.20. The van der Waals surface area contributed by atoms with Crippen molar-refractivity contribution < 1.29 is 14.3 Å². The summed E-state index contributed by atoms with van der Waals surface area (Å²) in [5.74, 6) is -0.327. The van der Waals surface area contributed by atoms with Crippen molar-refractivity contribution in [2.45, 2.75) is 26.0 Å². The van der Waals surface area contributed by atoms with Crippen LogP contribution in [0.4, 0.5) is 0 Å². The van der Waals surface area contributed by atoms with Gasteiger partial charge in [0.1, 0.15) is 6.10 Å². The number of morpholine rings is 1.